The summed E-state index contributed by atoms with van der Waals surface area (Å²) in [5.41, 5.74) is 2.22. The molecule has 1 aromatic heterocycles. The number of nitrogens with zero attached hydrogens (tertiary/aromatic N) is 1. The lowest BCUT2D eigenvalue weighted by Crippen LogP contribution is -2.16. The number of amides is 1. The first-order valence-corrected chi connectivity index (χ1v) is 10.0. The standard InChI is InChI=1S/C24H24N2O4/c27-24(19-8-11-21(12-9-19)29-17-22-7-4-14-28-22)26-20-10-13-23(25-15-20)30-16-18-5-2-1-3-6-18/h1-3,5-6,8-13,15,22H,4,7,14,16-17H2,(H,26,27). The van der Waals surface area contributed by atoms with Gasteiger partial charge in [0.05, 0.1) is 18.0 Å². The Bertz CT molecular complexity index is 937. The second-order valence-corrected chi connectivity index (χ2v) is 7.08. The van der Waals surface area contributed by atoms with Gasteiger partial charge in [-0.1, -0.05) is 30.3 Å². The van der Waals surface area contributed by atoms with Crippen LogP contribution in [0.25, 0.3) is 0 Å². The van der Waals surface area contributed by atoms with E-state index in [0.29, 0.717) is 30.3 Å². The van der Waals surface area contributed by atoms with Crippen molar-refractivity contribution in [3.8, 4) is 11.6 Å². The number of pyridine rings is 1. The lowest BCUT2D eigenvalue weighted by Gasteiger charge is -2.12. The Morgan fingerprint density at radius 2 is 1.87 bits per heavy atom. The Balaban J connectivity index is 1.26. The highest BCUT2D eigenvalue weighted by atomic mass is 16.5. The molecule has 1 unspecified atom stereocenters. The molecule has 30 heavy (non-hydrogen) atoms. The number of benzene rings is 2. The summed E-state index contributed by atoms with van der Waals surface area (Å²) in [5, 5.41) is 2.84. The van der Waals surface area contributed by atoms with Crippen LogP contribution in [0.4, 0.5) is 5.69 Å². The fourth-order valence-corrected chi connectivity index (χ4v) is 3.14. The summed E-state index contributed by atoms with van der Waals surface area (Å²) < 4.78 is 16.9. The number of ether oxygens (including phenoxy) is 3. The Morgan fingerprint density at radius 3 is 2.57 bits per heavy atom. The molecule has 1 aliphatic heterocycles. The zero-order valence-corrected chi connectivity index (χ0v) is 16.6. The molecule has 6 nitrogen and oxygen atoms in total. The predicted molar refractivity (Wildman–Crippen MR) is 114 cm³/mol. The van der Waals surface area contributed by atoms with Gasteiger partial charge in [0.25, 0.3) is 5.91 Å². The normalized spacial score (nSPS) is 15.5. The van der Waals surface area contributed by atoms with Gasteiger partial charge in [0.1, 0.15) is 19.0 Å². The average molecular weight is 404 g/mol. The predicted octanol–water partition coefficient (Wildman–Crippen LogP) is 4.47. The van der Waals surface area contributed by atoms with Crippen LogP contribution in [0.15, 0.2) is 72.9 Å². The number of hydrogen-bond donors (Lipinski definition) is 1. The summed E-state index contributed by atoms with van der Waals surface area (Å²) in [6.45, 7) is 1.79. The highest BCUT2D eigenvalue weighted by Crippen LogP contribution is 2.18. The van der Waals surface area contributed by atoms with Crippen molar-refractivity contribution >= 4 is 11.6 Å². The van der Waals surface area contributed by atoms with Crippen molar-refractivity contribution in [3.63, 3.8) is 0 Å². The van der Waals surface area contributed by atoms with Gasteiger partial charge in [-0.25, -0.2) is 4.98 Å². The van der Waals surface area contributed by atoms with Crippen molar-refractivity contribution < 1.29 is 19.0 Å². The van der Waals surface area contributed by atoms with Crippen molar-refractivity contribution in [1.82, 2.24) is 4.98 Å². The Kier molecular flexibility index (Phi) is 6.57. The van der Waals surface area contributed by atoms with E-state index >= 15 is 0 Å². The van der Waals surface area contributed by atoms with E-state index in [-0.39, 0.29) is 12.0 Å². The highest BCUT2D eigenvalue weighted by molar-refractivity contribution is 6.04. The van der Waals surface area contributed by atoms with Gasteiger partial charge in [-0.05, 0) is 48.7 Å². The van der Waals surface area contributed by atoms with Gasteiger partial charge < -0.3 is 19.5 Å². The zero-order valence-electron chi connectivity index (χ0n) is 16.6. The fraction of sp³-hybridized carbons (Fsp3) is 0.250. The minimum Gasteiger partial charge on any atom is -0.491 e. The lowest BCUT2D eigenvalue weighted by molar-refractivity contribution is 0.0679. The molecular weight excluding hydrogens is 380 g/mol. The molecule has 1 atom stereocenters. The Labute approximate surface area is 175 Å². The molecule has 154 valence electrons. The molecule has 4 rings (SSSR count). The SMILES string of the molecule is O=C(Nc1ccc(OCc2ccccc2)nc1)c1ccc(OCC2CCCO2)cc1. The number of hydrogen-bond acceptors (Lipinski definition) is 5. The molecular formula is C24H24N2O4. The van der Waals surface area contributed by atoms with Gasteiger partial charge in [0.2, 0.25) is 5.88 Å². The molecule has 1 saturated heterocycles. The molecule has 2 heterocycles. The van der Waals surface area contributed by atoms with Crippen molar-refractivity contribution in [3.05, 3.63) is 84.1 Å². The van der Waals surface area contributed by atoms with Crippen LogP contribution in [-0.4, -0.2) is 30.2 Å². The first kappa shape index (κ1) is 19.9. The van der Waals surface area contributed by atoms with Gasteiger partial charge in [-0.3, -0.25) is 4.79 Å². The van der Waals surface area contributed by atoms with Crippen LogP contribution in [-0.2, 0) is 11.3 Å². The van der Waals surface area contributed by atoms with Crippen LogP contribution < -0.4 is 14.8 Å². The molecule has 1 aliphatic rings. The number of carbonyl (C=O) groups is 1. The number of rotatable bonds is 8. The molecule has 0 spiro atoms. The molecule has 3 aromatic rings. The summed E-state index contributed by atoms with van der Waals surface area (Å²) in [7, 11) is 0. The van der Waals surface area contributed by atoms with E-state index in [9.17, 15) is 4.79 Å². The summed E-state index contributed by atoms with van der Waals surface area (Å²) >= 11 is 0. The van der Waals surface area contributed by atoms with E-state index in [0.717, 1.165) is 30.8 Å². The highest BCUT2D eigenvalue weighted by Gasteiger charge is 2.16. The summed E-state index contributed by atoms with van der Waals surface area (Å²) in [4.78, 5) is 16.7. The number of carbonyl (C=O) groups excluding carboxylic acids is 1. The van der Waals surface area contributed by atoms with E-state index in [1.807, 2.05) is 30.3 Å². The van der Waals surface area contributed by atoms with E-state index in [1.165, 1.54) is 0 Å². The van der Waals surface area contributed by atoms with E-state index in [4.69, 9.17) is 14.2 Å². The summed E-state index contributed by atoms with van der Waals surface area (Å²) in [6, 6.07) is 20.5. The van der Waals surface area contributed by atoms with Crippen LogP contribution in [0, 0.1) is 0 Å². The largest absolute Gasteiger partial charge is 0.491 e. The molecule has 0 bridgehead atoms. The molecule has 1 N–H and O–H groups in total. The quantitative estimate of drug-likeness (QED) is 0.600. The van der Waals surface area contributed by atoms with Crippen LogP contribution >= 0.6 is 0 Å². The first-order valence-electron chi connectivity index (χ1n) is 10.0. The number of anilines is 1. The number of nitrogens with one attached hydrogen (secondary N) is 1. The Morgan fingerprint density at radius 1 is 1.03 bits per heavy atom. The van der Waals surface area contributed by atoms with Crippen molar-refractivity contribution in [2.24, 2.45) is 0 Å². The maximum atomic E-state index is 12.5. The number of aromatic nitrogens is 1. The van der Waals surface area contributed by atoms with Crippen LogP contribution in [0.2, 0.25) is 0 Å². The smallest absolute Gasteiger partial charge is 0.255 e. The van der Waals surface area contributed by atoms with Crippen molar-refractivity contribution in [2.75, 3.05) is 18.5 Å². The third-order valence-corrected chi connectivity index (χ3v) is 4.80. The molecule has 6 heteroatoms. The Hall–Kier alpha value is -3.38. The minimum absolute atomic E-state index is 0.167. The maximum absolute atomic E-state index is 12.5. The zero-order chi connectivity index (χ0) is 20.6. The van der Waals surface area contributed by atoms with E-state index in [1.54, 1.807) is 42.6 Å². The lowest BCUT2D eigenvalue weighted by atomic mass is 10.2. The molecule has 1 fully saturated rings. The van der Waals surface area contributed by atoms with Crippen molar-refractivity contribution in [2.45, 2.75) is 25.6 Å². The second kappa shape index (κ2) is 9.89. The summed E-state index contributed by atoms with van der Waals surface area (Å²) in [5.74, 6) is 1.02. The third kappa shape index (κ3) is 5.58. The van der Waals surface area contributed by atoms with Crippen LogP contribution in [0.1, 0.15) is 28.8 Å². The third-order valence-electron chi connectivity index (χ3n) is 4.80. The van der Waals surface area contributed by atoms with Gasteiger partial charge >= 0.3 is 0 Å². The first-order chi connectivity index (χ1) is 14.8. The van der Waals surface area contributed by atoms with Gasteiger partial charge in [0.15, 0.2) is 0 Å². The van der Waals surface area contributed by atoms with Crippen LogP contribution in [0.5, 0.6) is 11.6 Å². The summed E-state index contributed by atoms with van der Waals surface area (Å²) in [6.07, 6.45) is 3.87. The molecule has 0 aliphatic carbocycles. The van der Waals surface area contributed by atoms with Crippen LogP contribution in [0.3, 0.4) is 0 Å². The topological polar surface area (TPSA) is 69.7 Å². The van der Waals surface area contributed by atoms with E-state index < -0.39 is 0 Å². The van der Waals surface area contributed by atoms with Gasteiger partial charge in [0, 0.05) is 18.2 Å². The molecule has 1 amide bonds. The molecule has 0 radical (unpaired) electrons. The second-order valence-electron chi connectivity index (χ2n) is 7.08. The monoisotopic (exact) mass is 404 g/mol. The minimum atomic E-state index is -0.208. The maximum Gasteiger partial charge on any atom is 0.255 e. The van der Waals surface area contributed by atoms with Gasteiger partial charge in [-0.15, -0.1) is 0 Å². The van der Waals surface area contributed by atoms with Crippen molar-refractivity contribution in [1.29, 1.82) is 0 Å². The fourth-order valence-electron chi connectivity index (χ4n) is 3.14. The average Bonchev–Trinajstić information content (AvgIpc) is 3.32. The van der Waals surface area contributed by atoms with E-state index in [2.05, 4.69) is 10.3 Å². The molecule has 2 aromatic carbocycles. The van der Waals surface area contributed by atoms with Gasteiger partial charge in [-0.2, -0.15) is 0 Å². The molecule has 0 saturated carbocycles.